The number of nitrogens with zero attached hydrogens (tertiary/aromatic N) is 2. The Morgan fingerprint density at radius 1 is 0.838 bits per heavy atom. The van der Waals surface area contributed by atoms with Gasteiger partial charge in [0.15, 0.2) is 0 Å². The molecule has 1 saturated heterocycles. The molecule has 0 radical (unpaired) electrons. The van der Waals surface area contributed by atoms with Crippen LogP contribution in [0.1, 0.15) is 27.6 Å². The summed E-state index contributed by atoms with van der Waals surface area (Å²) in [4.78, 5) is 15.5. The van der Waals surface area contributed by atoms with Gasteiger partial charge in [0.05, 0.1) is 30.3 Å². The van der Waals surface area contributed by atoms with Crippen molar-refractivity contribution in [3.63, 3.8) is 0 Å². The second-order valence-corrected chi connectivity index (χ2v) is 10.7. The summed E-state index contributed by atoms with van der Waals surface area (Å²) >= 11 is 0. The molecule has 0 spiro atoms. The van der Waals surface area contributed by atoms with Crippen molar-refractivity contribution in [1.82, 2.24) is 4.90 Å². The zero-order chi connectivity index (χ0) is 25.7. The first-order valence-corrected chi connectivity index (χ1v) is 13.6. The highest BCUT2D eigenvalue weighted by Crippen LogP contribution is 2.28. The summed E-state index contributed by atoms with van der Waals surface area (Å²) in [7, 11) is -3.88. The molecule has 1 aliphatic rings. The Morgan fingerprint density at radius 3 is 2.19 bits per heavy atom. The van der Waals surface area contributed by atoms with Gasteiger partial charge in [0.25, 0.3) is 15.9 Å². The van der Waals surface area contributed by atoms with Crippen LogP contribution in [-0.2, 0) is 21.3 Å². The van der Waals surface area contributed by atoms with Gasteiger partial charge < -0.3 is 9.64 Å². The third kappa shape index (κ3) is 5.58. The molecule has 0 aromatic heterocycles. The summed E-state index contributed by atoms with van der Waals surface area (Å²) in [5.74, 6) is -0.150. The SMILES string of the molecule is O=C(c1cccc(N(Cc2ccccc2)S(=O)(=O)c2ccccc2)c1)N1CCOC(c2ccccc2)C1. The molecule has 0 aliphatic carbocycles. The number of anilines is 1. The number of hydrogen-bond donors (Lipinski definition) is 0. The second-order valence-electron chi connectivity index (χ2n) is 8.88. The first kappa shape index (κ1) is 24.7. The van der Waals surface area contributed by atoms with Crippen LogP contribution in [0.5, 0.6) is 0 Å². The van der Waals surface area contributed by atoms with E-state index in [1.165, 1.54) is 4.31 Å². The molecule has 1 aliphatic heterocycles. The molecule has 37 heavy (non-hydrogen) atoms. The Balaban J connectivity index is 1.45. The molecule has 0 N–H and O–H groups in total. The molecule has 188 valence electrons. The Kier molecular flexibility index (Phi) is 7.35. The lowest BCUT2D eigenvalue weighted by molar-refractivity contribution is -0.0228. The number of carbonyl (C=O) groups is 1. The van der Waals surface area contributed by atoms with E-state index in [1.54, 1.807) is 59.5 Å². The van der Waals surface area contributed by atoms with E-state index in [0.717, 1.165) is 11.1 Å². The largest absolute Gasteiger partial charge is 0.370 e. The minimum absolute atomic E-state index is 0.142. The normalized spacial score (nSPS) is 15.8. The third-order valence-electron chi connectivity index (χ3n) is 6.41. The van der Waals surface area contributed by atoms with Gasteiger partial charge in [0.1, 0.15) is 6.10 Å². The molecule has 1 atom stereocenters. The van der Waals surface area contributed by atoms with Gasteiger partial charge in [-0.15, -0.1) is 0 Å². The lowest BCUT2D eigenvalue weighted by atomic mass is 10.1. The standard InChI is InChI=1S/C30H28N2O4S/c33-30(31-19-20-36-29(23-31)25-13-6-2-7-14-25)26-15-10-16-27(21-26)32(22-24-11-4-1-5-12-24)37(34,35)28-17-8-3-9-18-28/h1-18,21,29H,19-20,22-23H2. The van der Waals surface area contributed by atoms with Crippen molar-refractivity contribution in [2.75, 3.05) is 24.0 Å². The number of morpholine rings is 1. The zero-order valence-electron chi connectivity index (χ0n) is 20.3. The predicted octanol–water partition coefficient (Wildman–Crippen LogP) is 5.30. The molecule has 1 unspecified atom stereocenters. The molecule has 4 aromatic carbocycles. The van der Waals surface area contributed by atoms with Gasteiger partial charge in [-0.05, 0) is 41.5 Å². The summed E-state index contributed by atoms with van der Waals surface area (Å²) in [5, 5.41) is 0. The molecule has 7 heteroatoms. The predicted molar refractivity (Wildman–Crippen MR) is 144 cm³/mol. The third-order valence-corrected chi connectivity index (χ3v) is 8.19. The molecular formula is C30H28N2O4S. The molecule has 0 saturated carbocycles. The van der Waals surface area contributed by atoms with Crippen molar-refractivity contribution in [2.45, 2.75) is 17.5 Å². The van der Waals surface area contributed by atoms with Crippen molar-refractivity contribution >= 4 is 21.6 Å². The minimum atomic E-state index is -3.88. The van der Waals surface area contributed by atoms with Crippen LogP contribution in [0, 0.1) is 0 Å². The second kappa shape index (κ2) is 11.0. The van der Waals surface area contributed by atoms with Crippen LogP contribution < -0.4 is 4.31 Å². The van der Waals surface area contributed by atoms with Gasteiger partial charge in [-0.25, -0.2) is 8.42 Å². The van der Waals surface area contributed by atoms with Gasteiger partial charge in [0, 0.05) is 12.1 Å². The van der Waals surface area contributed by atoms with Gasteiger partial charge >= 0.3 is 0 Å². The Bertz CT molecular complexity index is 1440. The molecule has 4 aromatic rings. The van der Waals surface area contributed by atoms with Crippen molar-refractivity contribution in [1.29, 1.82) is 0 Å². The monoisotopic (exact) mass is 512 g/mol. The van der Waals surface area contributed by atoms with E-state index in [2.05, 4.69) is 0 Å². The average Bonchev–Trinajstić information content (AvgIpc) is 2.97. The number of hydrogen-bond acceptors (Lipinski definition) is 4. The van der Waals surface area contributed by atoms with Gasteiger partial charge in [-0.3, -0.25) is 9.10 Å². The molecule has 6 nitrogen and oxygen atoms in total. The van der Waals surface area contributed by atoms with Crippen molar-refractivity contribution in [2.24, 2.45) is 0 Å². The lowest BCUT2D eigenvalue weighted by Crippen LogP contribution is -2.42. The van der Waals surface area contributed by atoms with Crippen LogP contribution in [0.25, 0.3) is 0 Å². The van der Waals surface area contributed by atoms with Crippen LogP contribution in [0.2, 0.25) is 0 Å². The van der Waals surface area contributed by atoms with E-state index in [0.29, 0.717) is 30.9 Å². The quantitative estimate of drug-likeness (QED) is 0.337. The highest BCUT2D eigenvalue weighted by molar-refractivity contribution is 7.92. The van der Waals surface area contributed by atoms with E-state index < -0.39 is 10.0 Å². The minimum Gasteiger partial charge on any atom is -0.370 e. The van der Waals surface area contributed by atoms with Crippen LogP contribution in [0.15, 0.2) is 120 Å². The fraction of sp³-hybridized carbons (Fsp3) is 0.167. The fourth-order valence-corrected chi connectivity index (χ4v) is 5.93. The van der Waals surface area contributed by atoms with E-state index in [9.17, 15) is 13.2 Å². The number of rotatable bonds is 7. The van der Waals surface area contributed by atoms with E-state index in [1.807, 2.05) is 60.7 Å². The van der Waals surface area contributed by atoms with Gasteiger partial charge in [0.2, 0.25) is 0 Å². The maximum atomic E-state index is 13.7. The van der Waals surface area contributed by atoms with Crippen LogP contribution in [0.3, 0.4) is 0 Å². The molecule has 1 amide bonds. The molecular weight excluding hydrogens is 484 g/mol. The lowest BCUT2D eigenvalue weighted by Gasteiger charge is -2.33. The Labute approximate surface area is 217 Å². The van der Waals surface area contributed by atoms with Gasteiger partial charge in [-0.1, -0.05) is 84.9 Å². The molecule has 1 heterocycles. The first-order valence-electron chi connectivity index (χ1n) is 12.2. The summed E-state index contributed by atoms with van der Waals surface area (Å²) < 4.78 is 34.8. The van der Waals surface area contributed by atoms with Crippen LogP contribution in [-0.4, -0.2) is 38.9 Å². The Hall–Kier alpha value is -3.94. The van der Waals surface area contributed by atoms with Gasteiger partial charge in [-0.2, -0.15) is 0 Å². The summed E-state index contributed by atoms with van der Waals surface area (Å²) in [5.41, 5.74) is 2.74. The number of sulfonamides is 1. The summed E-state index contributed by atoms with van der Waals surface area (Å²) in [6.07, 6.45) is -0.199. The highest BCUT2D eigenvalue weighted by Gasteiger charge is 2.28. The van der Waals surface area contributed by atoms with Crippen LogP contribution >= 0.6 is 0 Å². The van der Waals surface area contributed by atoms with E-state index >= 15 is 0 Å². The number of ether oxygens (including phenoxy) is 1. The fourth-order valence-electron chi connectivity index (χ4n) is 4.46. The zero-order valence-corrected chi connectivity index (χ0v) is 21.1. The van der Waals surface area contributed by atoms with Crippen molar-refractivity contribution < 1.29 is 17.9 Å². The summed E-state index contributed by atoms with van der Waals surface area (Å²) in [6.45, 7) is 1.49. The smallest absolute Gasteiger partial charge is 0.264 e. The molecule has 5 rings (SSSR count). The average molecular weight is 513 g/mol. The van der Waals surface area contributed by atoms with E-state index in [-0.39, 0.29) is 23.5 Å². The topological polar surface area (TPSA) is 66.9 Å². The maximum absolute atomic E-state index is 13.7. The highest BCUT2D eigenvalue weighted by atomic mass is 32.2. The molecule has 0 bridgehead atoms. The maximum Gasteiger partial charge on any atom is 0.264 e. The van der Waals surface area contributed by atoms with Crippen LogP contribution in [0.4, 0.5) is 5.69 Å². The van der Waals surface area contributed by atoms with E-state index in [4.69, 9.17) is 4.74 Å². The number of carbonyl (C=O) groups excluding carboxylic acids is 1. The van der Waals surface area contributed by atoms with Crippen molar-refractivity contribution in [3.05, 3.63) is 132 Å². The summed E-state index contributed by atoms with van der Waals surface area (Å²) in [6, 6.07) is 34.5. The van der Waals surface area contributed by atoms with Crippen molar-refractivity contribution in [3.8, 4) is 0 Å². The first-order chi connectivity index (χ1) is 18.0. The molecule has 1 fully saturated rings. The Morgan fingerprint density at radius 2 is 1.49 bits per heavy atom. The number of benzene rings is 4. The number of amides is 1.